The van der Waals surface area contributed by atoms with Crippen LogP contribution in [0, 0.1) is 12.3 Å². The molecule has 0 aromatic carbocycles. The lowest BCUT2D eigenvalue weighted by atomic mass is 10.4. The number of carbonyl (C=O) groups is 1. The molecule has 3 N–H and O–H groups in total. The van der Waals surface area contributed by atoms with E-state index < -0.39 is 0 Å². The van der Waals surface area contributed by atoms with Gasteiger partial charge >= 0.3 is 0 Å². The molecule has 0 bridgehead atoms. The maximum Gasteiger partial charge on any atom is 0.268 e. The van der Waals surface area contributed by atoms with E-state index in [2.05, 4.69) is 11.2 Å². The van der Waals surface area contributed by atoms with Crippen LogP contribution in [0.4, 0.5) is 5.69 Å². The Morgan fingerprint density at radius 3 is 3.12 bits per heavy atom. The van der Waals surface area contributed by atoms with Crippen molar-refractivity contribution in [3.05, 3.63) is 18.0 Å². The van der Waals surface area contributed by atoms with Crippen LogP contribution in [0.15, 0.2) is 12.3 Å². The van der Waals surface area contributed by atoms with Gasteiger partial charge in [-0.05, 0) is 13.0 Å². The first-order valence-electron chi connectivity index (χ1n) is 5.44. The van der Waals surface area contributed by atoms with Gasteiger partial charge in [-0.3, -0.25) is 4.79 Å². The Hall–Kier alpha value is -1.54. The standard InChI is InChI=1S/C12H17N3OS/c1-3-6-17-7-5-14-12(16)11-8-10(13)9-15(11)4-2/h1,8-9H,4-7,13H2,2H3,(H,14,16). The summed E-state index contributed by atoms with van der Waals surface area (Å²) in [7, 11) is 0. The van der Waals surface area contributed by atoms with E-state index in [0.29, 0.717) is 23.7 Å². The normalized spacial score (nSPS) is 9.88. The van der Waals surface area contributed by atoms with Crippen LogP contribution < -0.4 is 11.1 Å². The highest BCUT2D eigenvalue weighted by Gasteiger charge is 2.10. The van der Waals surface area contributed by atoms with Crippen LogP contribution in [0.2, 0.25) is 0 Å². The molecule has 0 spiro atoms. The van der Waals surface area contributed by atoms with E-state index in [4.69, 9.17) is 12.2 Å². The molecular weight excluding hydrogens is 234 g/mol. The number of hydrogen-bond donors (Lipinski definition) is 2. The Morgan fingerprint density at radius 1 is 1.71 bits per heavy atom. The zero-order valence-electron chi connectivity index (χ0n) is 9.90. The fourth-order valence-electron chi connectivity index (χ4n) is 1.44. The number of carbonyl (C=O) groups excluding carboxylic acids is 1. The second-order valence-electron chi connectivity index (χ2n) is 3.46. The Kier molecular flexibility index (Phi) is 5.50. The summed E-state index contributed by atoms with van der Waals surface area (Å²) in [6, 6.07) is 1.69. The minimum absolute atomic E-state index is 0.0927. The number of aryl methyl sites for hydroxylation is 1. The van der Waals surface area contributed by atoms with Crippen molar-refractivity contribution in [2.75, 3.05) is 23.8 Å². The summed E-state index contributed by atoms with van der Waals surface area (Å²) in [4.78, 5) is 11.8. The van der Waals surface area contributed by atoms with E-state index in [1.165, 1.54) is 0 Å². The Bertz CT molecular complexity index is 420. The number of thioether (sulfide) groups is 1. The summed E-state index contributed by atoms with van der Waals surface area (Å²) < 4.78 is 1.83. The fraction of sp³-hybridized carbons (Fsp3) is 0.417. The largest absolute Gasteiger partial charge is 0.397 e. The summed E-state index contributed by atoms with van der Waals surface area (Å²) in [5.74, 6) is 3.94. The molecule has 0 atom stereocenters. The van der Waals surface area contributed by atoms with Gasteiger partial charge in [-0.1, -0.05) is 5.92 Å². The quantitative estimate of drug-likeness (QED) is 0.590. The van der Waals surface area contributed by atoms with Crippen LogP contribution in [-0.4, -0.2) is 28.5 Å². The number of nitrogens with zero attached hydrogens (tertiary/aromatic N) is 1. The van der Waals surface area contributed by atoms with Crippen molar-refractivity contribution in [2.45, 2.75) is 13.5 Å². The smallest absolute Gasteiger partial charge is 0.268 e. The van der Waals surface area contributed by atoms with Crippen molar-refractivity contribution in [1.82, 2.24) is 9.88 Å². The second kappa shape index (κ2) is 6.92. The van der Waals surface area contributed by atoms with Gasteiger partial charge in [-0.25, -0.2) is 0 Å². The topological polar surface area (TPSA) is 60.1 Å². The molecule has 4 nitrogen and oxygen atoms in total. The minimum Gasteiger partial charge on any atom is -0.397 e. The van der Waals surface area contributed by atoms with Crippen LogP contribution in [0.1, 0.15) is 17.4 Å². The van der Waals surface area contributed by atoms with Gasteiger partial charge in [0, 0.05) is 25.0 Å². The molecule has 0 aliphatic heterocycles. The Morgan fingerprint density at radius 2 is 2.47 bits per heavy atom. The third-order valence-electron chi connectivity index (χ3n) is 2.21. The highest BCUT2D eigenvalue weighted by molar-refractivity contribution is 7.99. The molecule has 92 valence electrons. The van der Waals surface area contributed by atoms with Gasteiger partial charge in [0.05, 0.1) is 11.4 Å². The minimum atomic E-state index is -0.0927. The van der Waals surface area contributed by atoms with E-state index in [0.717, 1.165) is 12.3 Å². The molecule has 17 heavy (non-hydrogen) atoms. The lowest BCUT2D eigenvalue weighted by molar-refractivity contribution is 0.0947. The zero-order chi connectivity index (χ0) is 12.7. The number of aromatic nitrogens is 1. The van der Waals surface area contributed by atoms with E-state index >= 15 is 0 Å². The van der Waals surface area contributed by atoms with Gasteiger partial charge in [0.15, 0.2) is 0 Å². The zero-order valence-corrected chi connectivity index (χ0v) is 10.7. The van der Waals surface area contributed by atoms with E-state index in [9.17, 15) is 4.79 Å². The molecule has 0 aliphatic rings. The average molecular weight is 251 g/mol. The number of nitrogens with one attached hydrogen (secondary N) is 1. The van der Waals surface area contributed by atoms with Crippen LogP contribution in [0.3, 0.4) is 0 Å². The van der Waals surface area contributed by atoms with E-state index in [1.807, 2.05) is 11.5 Å². The summed E-state index contributed by atoms with van der Waals surface area (Å²) >= 11 is 1.62. The molecule has 0 fully saturated rings. The monoisotopic (exact) mass is 251 g/mol. The van der Waals surface area contributed by atoms with Crippen LogP contribution >= 0.6 is 11.8 Å². The highest BCUT2D eigenvalue weighted by atomic mass is 32.2. The highest BCUT2D eigenvalue weighted by Crippen LogP contribution is 2.10. The summed E-state index contributed by atoms with van der Waals surface area (Å²) in [6.07, 6.45) is 6.89. The third kappa shape index (κ3) is 4.08. The molecule has 0 radical (unpaired) electrons. The number of rotatable bonds is 6. The maximum absolute atomic E-state index is 11.8. The average Bonchev–Trinajstić information content (AvgIpc) is 2.70. The van der Waals surface area contributed by atoms with Crippen molar-refractivity contribution in [3.8, 4) is 12.3 Å². The molecule has 1 heterocycles. The molecule has 5 heteroatoms. The molecule has 0 aliphatic carbocycles. The molecule has 1 amide bonds. The number of anilines is 1. The van der Waals surface area contributed by atoms with E-state index in [1.54, 1.807) is 24.0 Å². The van der Waals surface area contributed by atoms with Crippen LogP contribution in [0.25, 0.3) is 0 Å². The van der Waals surface area contributed by atoms with Crippen molar-refractivity contribution in [1.29, 1.82) is 0 Å². The second-order valence-corrected chi connectivity index (χ2v) is 4.56. The summed E-state index contributed by atoms with van der Waals surface area (Å²) in [6.45, 7) is 3.31. The molecule has 0 saturated carbocycles. The first-order chi connectivity index (χ1) is 8.19. The van der Waals surface area contributed by atoms with Crippen molar-refractivity contribution in [3.63, 3.8) is 0 Å². The summed E-state index contributed by atoms with van der Waals surface area (Å²) in [5, 5.41) is 2.84. The van der Waals surface area contributed by atoms with Gasteiger partial charge in [0.1, 0.15) is 5.69 Å². The van der Waals surface area contributed by atoms with Gasteiger partial charge in [-0.2, -0.15) is 0 Å². The summed E-state index contributed by atoms with van der Waals surface area (Å²) in [5.41, 5.74) is 6.87. The number of nitrogens with two attached hydrogens (primary N) is 1. The maximum atomic E-state index is 11.8. The van der Waals surface area contributed by atoms with Crippen LogP contribution in [0.5, 0.6) is 0 Å². The first-order valence-corrected chi connectivity index (χ1v) is 6.59. The molecular formula is C12H17N3OS. The molecule has 1 aromatic heterocycles. The van der Waals surface area contributed by atoms with Gasteiger partial charge in [-0.15, -0.1) is 18.2 Å². The number of amides is 1. The predicted molar refractivity (Wildman–Crippen MR) is 73.0 cm³/mol. The first kappa shape index (κ1) is 13.5. The Balaban J connectivity index is 2.44. The number of hydrogen-bond acceptors (Lipinski definition) is 3. The molecule has 1 aromatic rings. The number of nitrogen functional groups attached to an aromatic ring is 1. The Labute approximate surface area is 106 Å². The van der Waals surface area contributed by atoms with Gasteiger partial charge in [0.25, 0.3) is 5.91 Å². The molecule has 1 rings (SSSR count). The number of terminal acetylenes is 1. The predicted octanol–water partition coefficient (Wildman–Crippen LogP) is 1.19. The van der Waals surface area contributed by atoms with Crippen LogP contribution in [-0.2, 0) is 6.54 Å². The lowest BCUT2D eigenvalue weighted by Crippen LogP contribution is -2.27. The van der Waals surface area contributed by atoms with Crippen molar-refractivity contribution < 1.29 is 4.79 Å². The van der Waals surface area contributed by atoms with Gasteiger partial charge in [0.2, 0.25) is 0 Å². The fourth-order valence-corrected chi connectivity index (χ4v) is 1.95. The van der Waals surface area contributed by atoms with Gasteiger partial charge < -0.3 is 15.6 Å². The SMILES string of the molecule is C#CCSCCNC(=O)c1cc(N)cn1CC. The third-order valence-corrected chi connectivity index (χ3v) is 3.07. The molecule has 0 saturated heterocycles. The molecule has 0 unspecified atom stereocenters. The lowest BCUT2D eigenvalue weighted by Gasteiger charge is -2.06. The van der Waals surface area contributed by atoms with Crippen molar-refractivity contribution >= 4 is 23.4 Å². The van der Waals surface area contributed by atoms with E-state index in [-0.39, 0.29) is 5.91 Å². The van der Waals surface area contributed by atoms with Crippen molar-refractivity contribution in [2.24, 2.45) is 0 Å².